The molecule has 1 aromatic heterocycles. The van der Waals surface area contributed by atoms with Gasteiger partial charge >= 0.3 is 0 Å². The summed E-state index contributed by atoms with van der Waals surface area (Å²) < 4.78 is 0. The first-order chi connectivity index (χ1) is 9.04. The summed E-state index contributed by atoms with van der Waals surface area (Å²) >= 11 is 1.70. The van der Waals surface area contributed by atoms with Crippen LogP contribution in [0.5, 0.6) is 0 Å². The molecular formula is C15H19N3S. The van der Waals surface area contributed by atoms with Crippen molar-refractivity contribution in [1.82, 2.24) is 9.97 Å². The lowest BCUT2D eigenvalue weighted by atomic mass is 10.2. The minimum atomic E-state index is 0.293. The number of aryl methyl sites for hydroxylation is 1. The van der Waals surface area contributed by atoms with Crippen molar-refractivity contribution in [1.29, 1.82) is 0 Å². The number of nitrogens with two attached hydrogens (primary N) is 1. The Bertz CT molecular complexity index is 567. The molecule has 0 fully saturated rings. The predicted octanol–water partition coefficient (Wildman–Crippen LogP) is 3.78. The molecule has 0 spiro atoms. The predicted molar refractivity (Wildman–Crippen MR) is 81.3 cm³/mol. The van der Waals surface area contributed by atoms with E-state index in [9.17, 15) is 0 Å². The second-order valence-corrected chi connectivity index (χ2v) is 5.92. The molecule has 3 nitrogen and oxygen atoms in total. The number of hydrogen-bond acceptors (Lipinski definition) is 4. The third kappa shape index (κ3) is 3.96. The first-order valence-electron chi connectivity index (χ1n) is 6.37. The summed E-state index contributed by atoms with van der Waals surface area (Å²) in [7, 11) is 0. The molecular weight excluding hydrogens is 254 g/mol. The summed E-state index contributed by atoms with van der Waals surface area (Å²) in [5, 5.41) is 0.942. The highest BCUT2D eigenvalue weighted by molar-refractivity contribution is 7.98. The van der Waals surface area contributed by atoms with Gasteiger partial charge in [-0.15, -0.1) is 11.8 Å². The average Bonchev–Trinajstić information content (AvgIpc) is 2.36. The van der Waals surface area contributed by atoms with Gasteiger partial charge < -0.3 is 5.73 Å². The normalized spacial score (nSPS) is 10.9. The molecule has 0 radical (unpaired) electrons. The molecule has 2 aromatic rings. The van der Waals surface area contributed by atoms with Gasteiger partial charge in [0.1, 0.15) is 16.7 Å². The van der Waals surface area contributed by atoms with E-state index < -0.39 is 0 Å². The van der Waals surface area contributed by atoms with Gasteiger partial charge in [0, 0.05) is 17.7 Å². The van der Waals surface area contributed by atoms with Gasteiger partial charge in [-0.05, 0) is 12.5 Å². The standard InChI is InChI=1S/C15H19N3S/c1-10(2)15-17-13(16)8-14(18-15)19-9-12-6-4-5-11(3)7-12/h4-8,10H,9H2,1-3H3,(H2,16,17,18). The van der Waals surface area contributed by atoms with E-state index in [1.54, 1.807) is 11.8 Å². The zero-order chi connectivity index (χ0) is 13.8. The second kappa shape index (κ2) is 6.06. The van der Waals surface area contributed by atoms with Gasteiger partial charge in [0.15, 0.2) is 0 Å². The van der Waals surface area contributed by atoms with Gasteiger partial charge in [-0.3, -0.25) is 0 Å². The first-order valence-corrected chi connectivity index (χ1v) is 7.36. The van der Waals surface area contributed by atoms with Crippen LogP contribution in [0.3, 0.4) is 0 Å². The third-order valence-corrected chi connectivity index (χ3v) is 3.71. The van der Waals surface area contributed by atoms with Crippen molar-refractivity contribution in [2.45, 2.75) is 37.5 Å². The van der Waals surface area contributed by atoms with Crippen LogP contribution in [0, 0.1) is 6.92 Å². The average molecular weight is 273 g/mol. The molecule has 0 aliphatic rings. The van der Waals surface area contributed by atoms with Crippen LogP contribution < -0.4 is 5.73 Å². The summed E-state index contributed by atoms with van der Waals surface area (Å²) in [6.45, 7) is 6.25. The third-order valence-electron chi connectivity index (χ3n) is 2.73. The van der Waals surface area contributed by atoms with Crippen LogP contribution >= 0.6 is 11.8 Å². The number of thioether (sulfide) groups is 1. The largest absolute Gasteiger partial charge is 0.384 e. The highest BCUT2D eigenvalue weighted by Crippen LogP contribution is 2.24. The molecule has 1 heterocycles. The molecule has 100 valence electrons. The van der Waals surface area contributed by atoms with Gasteiger partial charge in [-0.1, -0.05) is 43.7 Å². The van der Waals surface area contributed by atoms with Crippen molar-refractivity contribution in [3.8, 4) is 0 Å². The van der Waals surface area contributed by atoms with Crippen LogP contribution in [-0.2, 0) is 5.75 Å². The van der Waals surface area contributed by atoms with E-state index in [-0.39, 0.29) is 0 Å². The van der Waals surface area contributed by atoms with Crippen molar-refractivity contribution in [2.24, 2.45) is 0 Å². The van der Waals surface area contributed by atoms with Crippen molar-refractivity contribution in [3.63, 3.8) is 0 Å². The lowest BCUT2D eigenvalue weighted by molar-refractivity contribution is 0.756. The maximum absolute atomic E-state index is 5.83. The van der Waals surface area contributed by atoms with Gasteiger partial charge in [-0.25, -0.2) is 9.97 Å². The number of rotatable bonds is 4. The maximum Gasteiger partial charge on any atom is 0.134 e. The zero-order valence-corrected chi connectivity index (χ0v) is 12.4. The van der Waals surface area contributed by atoms with E-state index in [4.69, 9.17) is 5.73 Å². The summed E-state index contributed by atoms with van der Waals surface area (Å²) in [4.78, 5) is 8.80. The highest BCUT2D eigenvalue weighted by Gasteiger charge is 2.07. The molecule has 2 N–H and O–H groups in total. The molecule has 0 atom stereocenters. The summed E-state index contributed by atoms with van der Waals surface area (Å²) in [6, 6.07) is 10.4. The molecule has 19 heavy (non-hydrogen) atoms. The minimum Gasteiger partial charge on any atom is -0.384 e. The minimum absolute atomic E-state index is 0.293. The molecule has 0 amide bonds. The van der Waals surface area contributed by atoms with Crippen LogP contribution in [0.4, 0.5) is 5.82 Å². The fourth-order valence-electron chi connectivity index (χ4n) is 1.75. The first kappa shape index (κ1) is 13.9. The van der Waals surface area contributed by atoms with Crippen LogP contribution in [-0.4, -0.2) is 9.97 Å². The van der Waals surface area contributed by atoms with Crippen molar-refractivity contribution < 1.29 is 0 Å². The Morgan fingerprint density at radius 3 is 2.68 bits per heavy atom. The number of nitrogens with zero attached hydrogens (tertiary/aromatic N) is 2. The fourth-order valence-corrected chi connectivity index (χ4v) is 2.61. The fraction of sp³-hybridized carbons (Fsp3) is 0.333. The van der Waals surface area contributed by atoms with E-state index in [0.717, 1.165) is 16.6 Å². The summed E-state index contributed by atoms with van der Waals surface area (Å²) in [6.07, 6.45) is 0. The topological polar surface area (TPSA) is 51.8 Å². The Labute approximate surface area is 118 Å². The molecule has 0 unspecified atom stereocenters. The van der Waals surface area contributed by atoms with E-state index >= 15 is 0 Å². The van der Waals surface area contributed by atoms with Crippen LogP contribution in [0.25, 0.3) is 0 Å². The van der Waals surface area contributed by atoms with E-state index in [0.29, 0.717) is 11.7 Å². The number of hydrogen-bond donors (Lipinski definition) is 1. The molecule has 2 rings (SSSR count). The number of anilines is 1. The number of benzene rings is 1. The van der Waals surface area contributed by atoms with Crippen LogP contribution in [0.1, 0.15) is 36.7 Å². The Morgan fingerprint density at radius 2 is 2.00 bits per heavy atom. The Hall–Kier alpha value is -1.55. The van der Waals surface area contributed by atoms with E-state index in [2.05, 4.69) is 55.0 Å². The molecule has 0 bridgehead atoms. The number of nitrogen functional groups attached to an aromatic ring is 1. The molecule has 0 aliphatic heterocycles. The van der Waals surface area contributed by atoms with Gasteiger partial charge in [0.2, 0.25) is 0 Å². The molecule has 0 saturated heterocycles. The summed E-state index contributed by atoms with van der Waals surface area (Å²) in [5.74, 6) is 2.55. The number of aromatic nitrogens is 2. The second-order valence-electron chi connectivity index (χ2n) is 4.92. The lowest BCUT2D eigenvalue weighted by Crippen LogP contribution is -2.02. The quantitative estimate of drug-likeness (QED) is 0.680. The van der Waals surface area contributed by atoms with E-state index in [1.165, 1.54) is 11.1 Å². The van der Waals surface area contributed by atoms with Gasteiger partial charge in [0.25, 0.3) is 0 Å². The highest BCUT2D eigenvalue weighted by atomic mass is 32.2. The molecule has 1 aromatic carbocycles. The lowest BCUT2D eigenvalue weighted by Gasteiger charge is -2.08. The zero-order valence-electron chi connectivity index (χ0n) is 11.6. The van der Waals surface area contributed by atoms with E-state index in [1.807, 2.05) is 6.07 Å². The van der Waals surface area contributed by atoms with Crippen LogP contribution in [0.2, 0.25) is 0 Å². The van der Waals surface area contributed by atoms with Crippen molar-refractivity contribution in [2.75, 3.05) is 5.73 Å². The van der Waals surface area contributed by atoms with Gasteiger partial charge in [-0.2, -0.15) is 0 Å². The van der Waals surface area contributed by atoms with Gasteiger partial charge in [0.05, 0.1) is 0 Å². The monoisotopic (exact) mass is 273 g/mol. The van der Waals surface area contributed by atoms with Crippen LogP contribution in [0.15, 0.2) is 35.4 Å². The molecule has 0 aliphatic carbocycles. The Morgan fingerprint density at radius 1 is 1.21 bits per heavy atom. The molecule has 0 saturated carbocycles. The smallest absolute Gasteiger partial charge is 0.134 e. The van der Waals surface area contributed by atoms with Crippen molar-refractivity contribution in [3.05, 3.63) is 47.3 Å². The Kier molecular flexibility index (Phi) is 4.43. The summed E-state index contributed by atoms with van der Waals surface area (Å²) in [5.41, 5.74) is 8.41. The SMILES string of the molecule is Cc1cccc(CSc2cc(N)nc(C(C)C)n2)c1. The van der Waals surface area contributed by atoms with Crippen molar-refractivity contribution >= 4 is 17.6 Å². The Balaban J connectivity index is 2.11. The maximum atomic E-state index is 5.83. The molecule has 4 heteroatoms.